The first-order chi connectivity index (χ1) is 14.0. The summed E-state index contributed by atoms with van der Waals surface area (Å²) in [5.41, 5.74) is 3.91. The smallest absolute Gasteiger partial charge is 0.238 e. The molecule has 0 heterocycles. The van der Waals surface area contributed by atoms with Gasteiger partial charge in [-0.1, -0.05) is 24.3 Å². The van der Waals surface area contributed by atoms with Crippen LogP contribution < -0.4 is 10.6 Å². The van der Waals surface area contributed by atoms with Crippen LogP contribution in [0, 0.1) is 25.2 Å². The fraction of sp³-hybridized carbons (Fsp3) is 0.348. The molecular formula is C23H26N4O2. The largest absolute Gasteiger partial charge is 0.325 e. The molecule has 1 aliphatic rings. The molecule has 0 bridgehead atoms. The normalized spacial score (nSPS) is 13.0. The third-order valence-corrected chi connectivity index (χ3v) is 5.02. The first kappa shape index (κ1) is 20.6. The average molecular weight is 390 g/mol. The molecule has 2 aromatic rings. The lowest BCUT2D eigenvalue weighted by atomic mass is 10.1. The number of amides is 2. The van der Waals surface area contributed by atoms with Gasteiger partial charge in [-0.2, -0.15) is 5.26 Å². The number of nitriles is 1. The van der Waals surface area contributed by atoms with Crippen molar-refractivity contribution < 1.29 is 9.59 Å². The quantitative estimate of drug-likeness (QED) is 0.721. The zero-order chi connectivity index (χ0) is 20.8. The van der Waals surface area contributed by atoms with E-state index in [4.69, 9.17) is 5.26 Å². The molecule has 0 unspecified atom stereocenters. The van der Waals surface area contributed by atoms with Gasteiger partial charge in [-0.05, 0) is 56.0 Å². The molecule has 29 heavy (non-hydrogen) atoms. The maximum Gasteiger partial charge on any atom is 0.238 e. The predicted molar refractivity (Wildman–Crippen MR) is 114 cm³/mol. The highest BCUT2D eigenvalue weighted by molar-refractivity contribution is 5.94. The summed E-state index contributed by atoms with van der Waals surface area (Å²) in [7, 11) is 0. The fourth-order valence-corrected chi connectivity index (χ4v) is 3.22. The molecule has 2 amide bonds. The highest BCUT2D eigenvalue weighted by Gasteiger charge is 2.30. The van der Waals surface area contributed by atoms with Crippen LogP contribution in [0.1, 0.15) is 36.0 Å². The van der Waals surface area contributed by atoms with Gasteiger partial charge in [-0.15, -0.1) is 0 Å². The molecule has 0 saturated heterocycles. The van der Waals surface area contributed by atoms with Gasteiger partial charge in [-0.25, -0.2) is 0 Å². The molecule has 6 nitrogen and oxygen atoms in total. The first-order valence-electron chi connectivity index (χ1n) is 9.86. The van der Waals surface area contributed by atoms with Crippen molar-refractivity contribution in [3.05, 3.63) is 59.2 Å². The van der Waals surface area contributed by atoms with Crippen molar-refractivity contribution >= 4 is 23.2 Å². The van der Waals surface area contributed by atoms with Crippen LogP contribution in [0.25, 0.3) is 0 Å². The van der Waals surface area contributed by atoms with Crippen LogP contribution in [-0.2, 0) is 9.59 Å². The van der Waals surface area contributed by atoms with Crippen LogP contribution in [0.4, 0.5) is 11.4 Å². The van der Waals surface area contributed by atoms with Crippen molar-refractivity contribution in [3.63, 3.8) is 0 Å². The second-order valence-electron chi connectivity index (χ2n) is 7.52. The number of aryl methyl sites for hydroxylation is 2. The maximum atomic E-state index is 12.5. The monoisotopic (exact) mass is 390 g/mol. The number of carbonyl (C=O) groups is 2. The van der Waals surface area contributed by atoms with Gasteiger partial charge in [0.05, 0.1) is 17.8 Å². The molecule has 0 spiro atoms. The van der Waals surface area contributed by atoms with E-state index in [1.54, 1.807) is 24.3 Å². The van der Waals surface area contributed by atoms with Crippen LogP contribution in [0.3, 0.4) is 0 Å². The average Bonchev–Trinajstić information content (AvgIpc) is 3.53. The van der Waals surface area contributed by atoms with Gasteiger partial charge in [-0.3, -0.25) is 14.5 Å². The van der Waals surface area contributed by atoms with Crippen molar-refractivity contribution in [2.75, 3.05) is 23.7 Å². The molecule has 1 fully saturated rings. The summed E-state index contributed by atoms with van der Waals surface area (Å²) in [4.78, 5) is 27.0. The van der Waals surface area contributed by atoms with E-state index in [1.165, 1.54) is 0 Å². The Hall–Kier alpha value is -3.17. The van der Waals surface area contributed by atoms with E-state index in [9.17, 15) is 9.59 Å². The molecule has 150 valence electrons. The number of benzene rings is 2. The van der Waals surface area contributed by atoms with Crippen LogP contribution in [-0.4, -0.2) is 35.8 Å². The molecule has 6 heteroatoms. The summed E-state index contributed by atoms with van der Waals surface area (Å²) in [5.74, 6) is -0.228. The van der Waals surface area contributed by atoms with Gasteiger partial charge >= 0.3 is 0 Å². The van der Waals surface area contributed by atoms with Gasteiger partial charge in [0.15, 0.2) is 0 Å². The zero-order valence-corrected chi connectivity index (χ0v) is 16.9. The number of rotatable bonds is 8. The summed E-state index contributed by atoms with van der Waals surface area (Å²) in [6.45, 7) is 4.73. The molecule has 2 N–H and O–H groups in total. The van der Waals surface area contributed by atoms with E-state index >= 15 is 0 Å². The molecular weight excluding hydrogens is 364 g/mol. The van der Waals surface area contributed by atoms with E-state index in [0.717, 1.165) is 29.7 Å². The van der Waals surface area contributed by atoms with Gasteiger partial charge < -0.3 is 10.6 Å². The molecule has 0 radical (unpaired) electrons. The molecule has 1 aliphatic carbocycles. The zero-order valence-electron chi connectivity index (χ0n) is 16.9. The maximum absolute atomic E-state index is 12.5. The standard InChI is InChI=1S/C23H26N4O2/c1-16-7-8-17(2)21(13-16)26-23(29)15-27(19-9-10-19)12-11-22(28)25-20-6-4-3-5-18(20)14-24/h3-8,13,19H,9-12,15H2,1-2H3,(H,25,28)(H,26,29). The van der Waals surface area contributed by atoms with Crippen molar-refractivity contribution in [1.29, 1.82) is 5.26 Å². The molecule has 3 rings (SSSR count). The van der Waals surface area contributed by atoms with E-state index in [-0.39, 0.29) is 24.8 Å². The summed E-state index contributed by atoms with van der Waals surface area (Å²) in [6, 6.07) is 15.3. The highest BCUT2D eigenvalue weighted by Crippen LogP contribution is 2.27. The third-order valence-electron chi connectivity index (χ3n) is 5.02. The summed E-state index contributed by atoms with van der Waals surface area (Å²) >= 11 is 0. The van der Waals surface area contributed by atoms with Gasteiger partial charge in [0.1, 0.15) is 6.07 Å². The summed E-state index contributed by atoms with van der Waals surface area (Å²) in [5, 5.41) is 14.9. The second kappa shape index (κ2) is 9.35. The number of carbonyl (C=O) groups excluding carboxylic acids is 2. The number of para-hydroxylation sites is 1. The Morgan fingerprint density at radius 3 is 2.52 bits per heavy atom. The van der Waals surface area contributed by atoms with Gasteiger partial charge in [0, 0.05) is 24.7 Å². The lowest BCUT2D eigenvalue weighted by Gasteiger charge is -2.21. The van der Waals surface area contributed by atoms with Crippen molar-refractivity contribution in [2.24, 2.45) is 0 Å². The Balaban J connectivity index is 1.54. The first-order valence-corrected chi connectivity index (χ1v) is 9.86. The topological polar surface area (TPSA) is 85.2 Å². The van der Waals surface area contributed by atoms with Gasteiger partial charge in [0.2, 0.25) is 11.8 Å². The van der Waals surface area contributed by atoms with Crippen LogP contribution in [0.2, 0.25) is 0 Å². The lowest BCUT2D eigenvalue weighted by molar-refractivity contribution is -0.119. The number of hydrogen-bond donors (Lipinski definition) is 2. The minimum atomic E-state index is -0.159. The summed E-state index contributed by atoms with van der Waals surface area (Å²) < 4.78 is 0. The number of anilines is 2. The minimum absolute atomic E-state index is 0.0687. The predicted octanol–water partition coefficient (Wildman–Crippen LogP) is 3.61. The Bertz CT molecular complexity index is 944. The number of nitrogens with one attached hydrogen (secondary N) is 2. The molecule has 0 aromatic heterocycles. The Kier molecular flexibility index (Phi) is 6.63. The van der Waals surface area contributed by atoms with Crippen LogP contribution in [0.5, 0.6) is 0 Å². The van der Waals surface area contributed by atoms with E-state index in [2.05, 4.69) is 21.6 Å². The van der Waals surface area contributed by atoms with Crippen LogP contribution >= 0.6 is 0 Å². The van der Waals surface area contributed by atoms with E-state index in [1.807, 2.05) is 32.0 Å². The van der Waals surface area contributed by atoms with E-state index in [0.29, 0.717) is 23.8 Å². The summed E-state index contributed by atoms with van der Waals surface area (Å²) in [6.07, 6.45) is 2.37. The van der Waals surface area contributed by atoms with Gasteiger partial charge in [0.25, 0.3) is 0 Å². The van der Waals surface area contributed by atoms with Crippen molar-refractivity contribution in [1.82, 2.24) is 4.90 Å². The Labute approximate surface area is 171 Å². The minimum Gasteiger partial charge on any atom is -0.325 e. The second-order valence-corrected chi connectivity index (χ2v) is 7.52. The number of hydrogen-bond acceptors (Lipinski definition) is 4. The molecule has 0 atom stereocenters. The van der Waals surface area contributed by atoms with Crippen molar-refractivity contribution in [3.8, 4) is 6.07 Å². The molecule has 2 aromatic carbocycles. The fourth-order valence-electron chi connectivity index (χ4n) is 3.22. The number of nitrogens with zero attached hydrogens (tertiary/aromatic N) is 2. The highest BCUT2D eigenvalue weighted by atomic mass is 16.2. The lowest BCUT2D eigenvalue weighted by Crippen LogP contribution is -2.37. The Morgan fingerprint density at radius 1 is 1.07 bits per heavy atom. The van der Waals surface area contributed by atoms with E-state index < -0.39 is 0 Å². The third kappa shape index (κ3) is 5.90. The molecule has 0 aliphatic heterocycles. The van der Waals surface area contributed by atoms with Crippen molar-refractivity contribution in [2.45, 2.75) is 39.2 Å². The van der Waals surface area contributed by atoms with Crippen LogP contribution in [0.15, 0.2) is 42.5 Å². The SMILES string of the molecule is Cc1ccc(C)c(NC(=O)CN(CCC(=O)Nc2ccccc2C#N)C2CC2)c1. The Morgan fingerprint density at radius 2 is 1.79 bits per heavy atom. The molecule has 1 saturated carbocycles.